The van der Waals surface area contributed by atoms with Crippen LogP contribution in [-0.2, 0) is 0 Å². The van der Waals surface area contributed by atoms with Crippen molar-refractivity contribution in [3.63, 3.8) is 0 Å². The molecule has 0 aliphatic rings. The van der Waals surface area contributed by atoms with Gasteiger partial charge in [-0.25, -0.2) is 9.97 Å². The highest BCUT2D eigenvalue weighted by molar-refractivity contribution is 6.29. The van der Waals surface area contributed by atoms with Crippen molar-refractivity contribution in [2.75, 3.05) is 20.2 Å². The Morgan fingerprint density at radius 3 is 2.92 bits per heavy atom. The van der Waals surface area contributed by atoms with Crippen LogP contribution in [0.4, 0.5) is 0 Å². The number of hydrogen-bond acceptors (Lipinski definition) is 4. The van der Waals surface area contributed by atoms with Gasteiger partial charge in [-0.2, -0.15) is 0 Å². The first-order valence-corrected chi connectivity index (χ1v) is 3.95. The predicted octanol–water partition coefficient (Wildman–Crippen LogP) is 1.15. The Morgan fingerprint density at radius 2 is 2.31 bits per heavy atom. The Balaban J connectivity index is 0.00000144. The molecule has 1 aromatic heterocycles. The Morgan fingerprint density at radius 1 is 1.54 bits per heavy atom. The van der Waals surface area contributed by atoms with Gasteiger partial charge in [0.1, 0.15) is 18.1 Å². The summed E-state index contributed by atoms with van der Waals surface area (Å²) in [4.78, 5) is 7.59. The number of halogens is 2. The molecule has 0 spiro atoms. The first kappa shape index (κ1) is 12.4. The number of likely N-dealkylation sites (N-methyl/N-ethyl adjacent to an activating group) is 1. The normalized spacial score (nSPS) is 9.08. The molecule has 13 heavy (non-hydrogen) atoms. The summed E-state index contributed by atoms with van der Waals surface area (Å²) in [6, 6.07) is 1.58. The summed E-state index contributed by atoms with van der Waals surface area (Å²) in [5.41, 5.74) is 0. The third-order valence-corrected chi connectivity index (χ3v) is 1.42. The molecule has 0 radical (unpaired) electrons. The van der Waals surface area contributed by atoms with Gasteiger partial charge in [0.2, 0.25) is 5.88 Å². The number of ether oxygens (including phenoxy) is 1. The van der Waals surface area contributed by atoms with Gasteiger partial charge < -0.3 is 10.1 Å². The van der Waals surface area contributed by atoms with Crippen molar-refractivity contribution in [3.05, 3.63) is 17.5 Å². The van der Waals surface area contributed by atoms with Gasteiger partial charge >= 0.3 is 0 Å². The molecule has 1 N–H and O–H groups in total. The Bertz CT molecular complexity index is 247. The maximum Gasteiger partial charge on any atom is 0.217 e. The van der Waals surface area contributed by atoms with Crippen LogP contribution in [0.15, 0.2) is 12.4 Å². The van der Waals surface area contributed by atoms with Crippen molar-refractivity contribution in [2.45, 2.75) is 0 Å². The fraction of sp³-hybridized carbons (Fsp3) is 0.429. The van der Waals surface area contributed by atoms with E-state index in [-0.39, 0.29) is 12.4 Å². The molecule has 1 heterocycles. The van der Waals surface area contributed by atoms with E-state index in [1.807, 2.05) is 7.05 Å². The van der Waals surface area contributed by atoms with Gasteiger partial charge in [0.15, 0.2) is 0 Å². The number of nitrogens with one attached hydrogen (secondary N) is 1. The molecule has 4 nitrogen and oxygen atoms in total. The summed E-state index contributed by atoms with van der Waals surface area (Å²) in [7, 11) is 1.86. The van der Waals surface area contributed by atoms with Crippen molar-refractivity contribution in [2.24, 2.45) is 0 Å². The molecule has 0 fully saturated rings. The van der Waals surface area contributed by atoms with Gasteiger partial charge in [-0.3, -0.25) is 0 Å². The van der Waals surface area contributed by atoms with Crippen molar-refractivity contribution < 1.29 is 4.74 Å². The second-order valence-electron chi connectivity index (χ2n) is 2.13. The van der Waals surface area contributed by atoms with E-state index in [1.54, 1.807) is 6.07 Å². The lowest BCUT2D eigenvalue weighted by molar-refractivity contribution is 0.306. The standard InChI is InChI=1S/C7H10ClN3O.ClH/c1-9-2-3-12-7-4-6(8)10-5-11-7;/h4-5,9H,2-3H2,1H3;1H. The molecule has 0 aromatic carbocycles. The molecule has 0 unspecified atom stereocenters. The van der Waals surface area contributed by atoms with Crippen LogP contribution in [0.2, 0.25) is 5.15 Å². The molecule has 0 atom stereocenters. The lowest BCUT2D eigenvalue weighted by Crippen LogP contribution is -2.16. The third kappa shape index (κ3) is 4.87. The minimum absolute atomic E-state index is 0. The van der Waals surface area contributed by atoms with E-state index >= 15 is 0 Å². The summed E-state index contributed by atoms with van der Waals surface area (Å²) in [6.07, 6.45) is 1.37. The highest BCUT2D eigenvalue weighted by Gasteiger charge is 1.95. The zero-order chi connectivity index (χ0) is 8.81. The number of rotatable bonds is 4. The number of hydrogen-bond donors (Lipinski definition) is 1. The van der Waals surface area contributed by atoms with Crippen LogP contribution in [0.3, 0.4) is 0 Å². The van der Waals surface area contributed by atoms with Gasteiger partial charge in [0, 0.05) is 12.6 Å². The lowest BCUT2D eigenvalue weighted by atomic mass is 10.6. The topological polar surface area (TPSA) is 47.0 Å². The molecule has 74 valence electrons. The molecule has 0 amide bonds. The minimum Gasteiger partial charge on any atom is -0.476 e. The van der Waals surface area contributed by atoms with Crippen molar-refractivity contribution in [3.8, 4) is 5.88 Å². The molecule has 0 saturated carbocycles. The predicted molar refractivity (Wildman–Crippen MR) is 53.7 cm³/mol. The van der Waals surface area contributed by atoms with Crippen LogP contribution < -0.4 is 10.1 Å². The van der Waals surface area contributed by atoms with Gasteiger partial charge in [-0.15, -0.1) is 12.4 Å². The van der Waals surface area contributed by atoms with Gasteiger partial charge in [-0.05, 0) is 7.05 Å². The van der Waals surface area contributed by atoms with Gasteiger partial charge in [0.05, 0.1) is 0 Å². The van der Waals surface area contributed by atoms with E-state index in [0.29, 0.717) is 17.6 Å². The molecule has 0 saturated heterocycles. The molecular weight excluding hydrogens is 213 g/mol. The summed E-state index contributed by atoms with van der Waals surface area (Å²) in [5, 5.41) is 3.34. The molecular formula is C7H11Cl2N3O. The fourth-order valence-electron chi connectivity index (χ4n) is 0.654. The van der Waals surface area contributed by atoms with E-state index in [2.05, 4.69) is 15.3 Å². The zero-order valence-electron chi connectivity index (χ0n) is 7.16. The molecule has 0 aliphatic carbocycles. The quantitative estimate of drug-likeness (QED) is 0.615. The summed E-state index contributed by atoms with van der Waals surface area (Å²) in [5.74, 6) is 0.505. The maximum atomic E-state index is 5.61. The van der Waals surface area contributed by atoms with E-state index in [1.165, 1.54) is 6.33 Å². The molecule has 6 heteroatoms. The van der Waals surface area contributed by atoms with Crippen molar-refractivity contribution in [1.29, 1.82) is 0 Å². The van der Waals surface area contributed by atoms with E-state index < -0.39 is 0 Å². The highest BCUT2D eigenvalue weighted by Crippen LogP contribution is 2.09. The maximum absolute atomic E-state index is 5.61. The second kappa shape index (κ2) is 6.88. The zero-order valence-corrected chi connectivity index (χ0v) is 8.73. The Hall–Kier alpha value is -0.580. The average molecular weight is 224 g/mol. The number of aromatic nitrogens is 2. The van der Waals surface area contributed by atoms with Crippen molar-refractivity contribution in [1.82, 2.24) is 15.3 Å². The molecule has 1 aromatic rings. The van der Waals surface area contributed by atoms with Gasteiger partial charge in [-0.1, -0.05) is 11.6 Å². The van der Waals surface area contributed by atoms with E-state index in [4.69, 9.17) is 16.3 Å². The molecule has 0 bridgehead atoms. The largest absolute Gasteiger partial charge is 0.476 e. The SMILES string of the molecule is CNCCOc1cc(Cl)ncn1.Cl. The van der Waals surface area contributed by atoms with Gasteiger partial charge in [0.25, 0.3) is 0 Å². The first-order chi connectivity index (χ1) is 5.83. The highest BCUT2D eigenvalue weighted by atomic mass is 35.5. The van der Waals surface area contributed by atoms with E-state index in [0.717, 1.165) is 6.54 Å². The lowest BCUT2D eigenvalue weighted by Gasteiger charge is -2.03. The van der Waals surface area contributed by atoms with Crippen LogP contribution in [0.5, 0.6) is 5.88 Å². The van der Waals surface area contributed by atoms with Crippen LogP contribution in [-0.4, -0.2) is 30.2 Å². The molecule has 0 aliphatic heterocycles. The summed E-state index contributed by atoms with van der Waals surface area (Å²) < 4.78 is 5.23. The molecule has 1 rings (SSSR count). The minimum atomic E-state index is 0. The van der Waals surface area contributed by atoms with E-state index in [9.17, 15) is 0 Å². The smallest absolute Gasteiger partial charge is 0.217 e. The fourth-order valence-corrected chi connectivity index (χ4v) is 0.791. The Labute approximate surface area is 88.1 Å². The van der Waals surface area contributed by atoms with Crippen molar-refractivity contribution >= 4 is 24.0 Å². The van der Waals surface area contributed by atoms with Crippen LogP contribution in [0, 0.1) is 0 Å². The summed E-state index contributed by atoms with van der Waals surface area (Å²) in [6.45, 7) is 1.35. The second-order valence-corrected chi connectivity index (χ2v) is 2.52. The van der Waals surface area contributed by atoms with Crippen LogP contribution in [0.25, 0.3) is 0 Å². The summed E-state index contributed by atoms with van der Waals surface area (Å²) >= 11 is 5.61. The average Bonchev–Trinajstić information content (AvgIpc) is 2.05. The Kier molecular flexibility index (Phi) is 6.58. The third-order valence-electron chi connectivity index (χ3n) is 1.21. The number of nitrogens with zero attached hydrogens (tertiary/aromatic N) is 2. The van der Waals surface area contributed by atoms with Crippen LogP contribution in [0.1, 0.15) is 0 Å². The first-order valence-electron chi connectivity index (χ1n) is 3.58. The monoisotopic (exact) mass is 223 g/mol. The van der Waals surface area contributed by atoms with Crippen LogP contribution >= 0.6 is 24.0 Å².